The third kappa shape index (κ3) is 4.59. The predicted molar refractivity (Wildman–Crippen MR) is 70.3 cm³/mol. The maximum Gasteiger partial charge on any atom is 0.0661 e. The molecule has 0 saturated heterocycles. The van der Waals surface area contributed by atoms with E-state index in [2.05, 4.69) is 57.1 Å². The quantitative estimate of drug-likeness (QED) is 0.551. The van der Waals surface area contributed by atoms with Gasteiger partial charge in [0.05, 0.1) is 5.69 Å². The molecule has 0 bridgehead atoms. The molecule has 82 valence electrons. The first-order valence-corrected chi connectivity index (χ1v) is 5.40. The summed E-state index contributed by atoms with van der Waals surface area (Å²) in [4.78, 5) is 4.22. The van der Waals surface area contributed by atoms with Gasteiger partial charge in [-0.3, -0.25) is 4.99 Å². The zero-order valence-corrected chi connectivity index (χ0v) is 10.1. The van der Waals surface area contributed by atoms with Gasteiger partial charge in [0.2, 0.25) is 0 Å². The Kier molecular flexibility index (Phi) is 7.25. The molecule has 1 aliphatic heterocycles. The van der Waals surface area contributed by atoms with E-state index in [1.165, 1.54) is 17.5 Å². The average Bonchev–Trinajstić information content (AvgIpc) is 2.69. The summed E-state index contributed by atoms with van der Waals surface area (Å²) in [7, 11) is 0. The van der Waals surface area contributed by atoms with Crippen molar-refractivity contribution in [2.75, 3.05) is 0 Å². The Labute approximate surface area is 93.6 Å². The highest BCUT2D eigenvalue weighted by Crippen LogP contribution is 2.24. The Balaban J connectivity index is 0.000000342. The molecule has 0 fully saturated rings. The zero-order chi connectivity index (χ0) is 11.7. The van der Waals surface area contributed by atoms with Gasteiger partial charge in [-0.15, -0.1) is 13.2 Å². The highest BCUT2D eigenvalue weighted by Gasteiger charge is 2.04. The fraction of sp³-hybridized carbons (Fsp3) is 0.357. The van der Waals surface area contributed by atoms with E-state index in [-0.39, 0.29) is 0 Å². The number of aryl methyl sites for hydroxylation is 1. The number of nitrogens with zero attached hydrogens (tertiary/aromatic N) is 1. The molecule has 2 rings (SSSR count). The van der Waals surface area contributed by atoms with Crippen molar-refractivity contribution in [1.29, 1.82) is 0 Å². The maximum absolute atomic E-state index is 4.22. The third-order valence-corrected chi connectivity index (χ3v) is 1.78. The summed E-state index contributed by atoms with van der Waals surface area (Å²) in [5.41, 5.74) is 3.83. The second-order valence-corrected chi connectivity index (χ2v) is 3.36. The van der Waals surface area contributed by atoms with Gasteiger partial charge in [-0.25, -0.2) is 0 Å². The minimum Gasteiger partial charge on any atom is -0.261 e. The van der Waals surface area contributed by atoms with Crippen LogP contribution in [0, 0.1) is 6.92 Å². The molecule has 0 atom stereocenters. The molecule has 1 aromatic rings. The zero-order valence-electron chi connectivity index (χ0n) is 10.1. The summed E-state index contributed by atoms with van der Waals surface area (Å²) in [6.45, 7) is 12.4. The highest BCUT2D eigenvalue weighted by atomic mass is 14.7. The van der Waals surface area contributed by atoms with Crippen LogP contribution >= 0.6 is 0 Å². The normalized spacial score (nSPS) is 10.6. The molecular weight excluding hydrogens is 182 g/mol. The van der Waals surface area contributed by atoms with Gasteiger partial charge in [0.25, 0.3) is 0 Å². The summed E-state index contributed by atoms with van der Waals surface area (Å²) in [5, 5.41) is 0. The molecule has 0 amide bonds. The smallest absolute Gasteiger partial charge is 0.0661 e. The Morgan fingerprint density at radius 1 is 1.27 bits per heavy atom. The molecule has 0 saturated carbocycles. The fourth-order valence-corrected chi connectivity index (χ4v) is 1.25. The lowest BCUT2D eigenvalue weighted by molar-refractivity contribution is 1.09. The number of hydrogen-bond acceptors (Lipinski definition) is 1. The summed E-state index contributed by atoms with van der Waals surface area (Å²) in [5.74, 6) is 0. The third-order valence-electron chi connectivity index (χ3n) is 1.78. The second kappa shape index (κ2) is 7.98. The SMILES string of the molecule is C=C.CCC.Cc1ccc2c(c1)CC=N2. The van der Waals surface area contributed by atoms with Crippen LogP contribution < -0.4 is 0 Å². The molecule has 1 aliphatic rings. The average molecular weight is 203 g/mol. The van der Waals surface area contributed by atoms with Crippen LogP contribution in [0.25, 0.3) is 0 Å². The summed E-state index contributed by atoms with van der Waals surface area (Å²) in [6.07, 6.45) is 4.22. The van der Waals surface area contributed by atoms with E-state index in [1.54, 1.807) is 0 Å². The largest absolute Gasteiger partial charge is 0.261 e. The Morgan fingerprint density at radius 3 is 2.47 bits per heavy atom. The van der Waals surface area contributed by atoms with Gasteiger partial charge in [0.15, 0.2) is 0 Å². The van der Waals surface area contributed by atoms with Crippen LogP contribution in [-0.4, -0.2) is 6.21 Å². The molecule has 0 radical (unpaired) electrons. The predicted octanol–water partition coefficient (Wildman–Crippen LogP) is 4.47. The van der Waals surface area contributed by atoms with Crippen molar-refractivity contribution in [3.05, 3.63) is 42.5 Å². The van der Waals surface area contributed by atoms with Gasteiger partial charge in [-0.2, -0.15) is 0 Å². The molecule has 1 nitrogen and oxygen atoms in total. The van der Waals surface area contributed by atoms with Crippen molar-refractivity contribution in [3.8, 4) is 0 Å². The van der Waals surface area contributed by atoms with Gasteiger partial charge in [-0.1, -0.05) is 38.0 Å². The number of benzene rings is 1. The Morgan fingerprint density at radius 2 is 1.87 bits per heavy atom. The summed E-state index contributed by atoms with van der Waals surface area (Å²) < 4.78 is 0. The van der Waals surface area contributed by atoms with Crippen LogP contribution in [0.5, 0.6) is 0 Å². The van der Waals surface area contributed by atoms with Gasteiger partial charge >= 0.3 is 0 Å². The fourth-order valence-electron chi connectivity index (χ4n) is 1.25. The van der Waals surface area contributed by atoms with E-state index < -0.39 is 0 Å². The first kappa shape index (κ1) is 13.6. The van der Waals surface area contributed by atoms with E-state index in [0.29, 0.717) is 0 Å². The summed E-state index contributed by atoms with van der Waals surface area (Å²) in [6, 6.07) is 6.37. The van der Waals surface area contributed by atoms with Crippen LogP contribution in [0.3, 0.4) is 0 Å². The van der Waals surface area contributed by atoms with Crippen LogP contribution in [0.4, 0.5) is 5.69 Å². The van der Waals surface area contributed by atoms with E-state index in [0.717, 1.165) is 12.1 Å². The standard InChI is InChI=1S/C9H9N.C3H8.C2H4/c1-7-2-3-9-8(6-7)4-5-10-9;1-3-2;1-2/h2-3,5-6H,4H2,1H3;3H2,1-2H3;1-2H2. The molecule has 0 aliphatic carbocycles. The molecule has 0 unspecified atom stereocenters. The first-order chi connectivity index (χ1) is 7.27. The van der Waals surface area contributed by atoms with Crippen molar-refractivity contribution < 1.29 is 0 Å². The lowest BCUT2D eigenvalue weighted by Crippen LogP contribution is -1.79. The van der Waals surface area contributed by atoms with Gasteiger partial charge in [0.1, 0.15) is 0 Å². The minimum atomic E-state index is 1.01. The van der Waals surface area contributed by atoms with E-state index in [1.807, 2.05) is 6.21 Å². The second-order valence-electron chi connectivity index (χ2n) is 3.36. The van der Waals surface area contributed by atoms with Crippen molar-refractivity contribution in [2.24, 2.45) is 4.99 Å². The maximum atomic E-state index is 4.22. The number of rotatable bonds is 0. The number of hydrogen-bond donors (Lipinski definition) is 0. The molecular formula is C14H21N. The molecule has 0 spiro atoms. The Hall–Kier alpha value is -1.37. The van der Waals surface area contributed by atoms with Gasteiger partial charge in [-0.05, 0) is 18.6 Å². The molecule has 1 heteroatoms. The lowest BCUT2D eigenvalue weighted by Gasteiger charge is -1.96. The number of aliphatic imine (C=N–C) groups is 1. The minimum absolute atomic E-state index is 1.01. The number of fused-ring (bicyclic) bond motifs is 1. The molecule has 1 aromatic carbocycles. The van der Waals surface area contributed by atoms with Crippen molar-refractivity contribution >= 4 is 11.9 Å². The van der Waals surface area contributed by atoms with Gasteiger partial charge in [0, 0.05) is 12.6 Å². The van der Waals surface area contributed by atoms with E-state index in [9.17, 15) is 0 Å². The molecule has 1 heterocycles. The first-order valence-electron chi connectivity index (χ1n) is 5.40. The summed E-state index contributed by atoms with van der Waals surface area (Å²) >= 11 is 0. The van der Waals surface area contributed by atoms with Crippen molar-refractivity contribution in [2.45, 2.75) is 33.6 Å². The van der Waals surface area contributed by atoms with Crippen LogP contribution in [0.15, 0.2) is 36.3 Å². The monoisotopic (exact) mass is 203 g/mol. The van der Waals surface area contributed by atoms with Crippen LogP contribution in [0.1, 0.15) is 31.4 Å². The van der Waals surface area contributed by atoms with E-state index >= 15 is 0 Å². The highest BCUT2D eigenvalue weighted by molar-refractivity contribution is 5.75. The van der Waals surface area contributed by atoms with Crippen molar-refractivity contribution in [3.63, 3.8) is 0 Å². The van der Waals surface area contributed by atoms with Crippen molar-refractivity contribution in [1.82, 2.24) is 0 Å². The van der Waals surface area contributed by atoms with Gasteiger partial charge < -0.3 is 0 Å². The van der Waals surface area contributed by atoms with Crippen LogP contribution in [-0.2, 0) is 6.42 Å². The van der Waals surface area contributed by atoms with Crippen LogP contribution in [0.2, 0.25) is 0 Å². The lowest BCUT2D eigenvalue weighted by atomic mass is 10.1. The molecule has 0 aromatic heterocycles. The molecule has 15 heavy (non-hydrogen) atoms. The Bertz CT molecular complexity index is 313. The molecule has 0 N–H and O–H groups in total. The topological polar surface area (TPSA) is 12.4 Å². The van der Waals surface area contributed by atoms with E-state index in [4.69, 9.17) is 0 Å².